The lowest BCUT2D eigenvalue weighted by Crippen LogP contribution is -2.35. The number of piperidine rings is 1. The second-order valence-corrected chi connectivity index (χ2v) is 5.60. The van der Waals surface area contributed by atoms with Crippen LogP contribution in [0.5, 0.6) is 5.75 Å². The summed E-state index contributed by atoms with van der Waals surface area (Å²) in [6.45, 7) is 1.65. The molecule has 4 heteroatoms. The van der Waals surface area contributed by atoms with E-state index in [-0.39, 0.29) is 11.7 Å². The van der Waals surface area contributed by atoms with Gasteiger partial charge in [-0.1, -0.05) is 18.2 Å². The molecule has 1 fully saturated rings. The number of aromatic hydroxyl groups is 1. The standard InChI is InChI=1S/C18H18FNO2/c19-16-12-15(8-9-17(16)21)13-4-6-14(7-5-13)18(22)20-10-2-1-3-11-20/h4-9,12,21H,1-3,10-11H2. The average molecular weight is 299 g/mol. The molecule has 22 heavy (non-hydrogen) atoms. The molecule has 0 unspecified atom stereocenters. The van der Waals surface area contributed by atoms with E-state index in [4.69, 9.17) is 0 Å². The van der Waals surface area contributed by atoms with Crippen molar-refractivity contribution in [2.45, 2.75) is 19.3 Å². The van der Waals surface area contributed by atoms with E-state index in [1.165, 1.54) is 18.6 Å². The Balaban J connectivity index is 1.79. The normalized spacial score (nSPS) is 14.9. The zero-order valence-electron chi connectivity index (χ0n) is 12.3. The van der Waals surface area contributed by atoms with Crippen LogP contribution in [0.4, 0.5) is 4.39 Å². The van der Waals surface area contributed by atoms with Crippen LogP contribution < -0.4 is 0 Å². The van der Waals surface area contributed by atoms with Gasteiger partial charge >= 0.3 is 0 Å². The van der Waals surface area contributed by atoms with Crippen molar-refractivity contribution in [1.82, 2.24) is 4.90 Å². The molecule has 3 nitrogen and oxygen atoms in total. The summed E-state index contributed by atoms with van der Waals surface area (Å²) in [6, 6.07) is 11.4. The SMILES string of the molecule is O=C(c1ccc(-c2ccc(O)c(F)c2)cc1)N1CCCCC1. The molecule has 2 aromatic carbocycles. The molecule has 0 aromatic heterocycles. The number of hydrogen-bond acceptors (Lipinski definition) is 2. The van der Waals surface area contributed by atoms with E-state index in [2.05, 4.69) is 0 Å². The smallest absolute Gasteiger partial charge is 0.253 e. The predicted molar refractivity (Wildman–Crippen MR) is 83.3 cm³/mol. The predicted octanol–water partition coefficient (Wildman–Crippen LogP) is 3.82. The lowest BCUT2D eigenvalue weighted by atomic mass is 10.0. The molecule has 3 rings (SSSR count). The van der Waals surface area contributed by atoms with Gasteiger partial charge < -0.3 is 10.0 Å². The Labute approximate surface area is 129 Å². The van der Waals surface area contributed by atoms with Gasteiger partial charge in [0.05, 0.1) is 0 Å². The van der Waals surface area contributed by atoms with Crippen LogP contribution in [0, 0.1) is 5.82 Å². The molecule has 0 radical (unpaired) electrons. The highest BCUT2D eigenvalue weighted by atomic mass is 19.1. The van der Waals surface area contributed by atoms with E-state index in [9.17, 15) is 14.3 Å². The Hall–Kier alpha value is -2.36. The van der Waals surface area contributed by atoms with Gasteiger partial charge in [-0.2, -0.15) is 0 Å². The molecular formula is C18H18FNO2. The van der Waals surface area contributed by atoms with Crippen LogP contribution in [0.25, 0.3) is 11.1 Å². The summed E-state index contributed by atoms with van der Waals surface area (Å²) < 4.78 is 13.4. The van der Waals surface area contributed by atoms with Gasteiger partial charge in [-0.05, 0) is 54.7 Å². The van der Waals surface area contributed by atoms with Crippen LogP contribution in [0.15, 0.2) is 42.5 Å². The highest BCUT2D eigenvalue weighted by Gasteiger charge is 2.18. The van der Waals surface area contributed by atoms with Gasteiger partial charge in [-0.15, -0.1) is 0 Å². The summed E-state index contributed by atoms with van der Waals surface area (Å²) in [5, 5.41) is 9.23. The minimum atomic E-state index is -0.647. The van der Waals surface area contributed by atoms with Crippen LogP contribution in [-0.4, -0.2) is 29.0 Å². The summed E-state index contributed by atoms with van der Waals surface area (Å²) in [5.41, 5.74) is 2.14. The minimum absolute atomic E-state index is 0.0585. The van der Waals surface area contributed by atoms with Gasteiger partial charge in [0.1, 0.15) is 0 Å². The first-order valence-corrected chi connectivity index (χ1v) is 7.53. The third kappa shape index (κ3) is 2.96. The molecule has 1 N–H and O–H groups in total. The fraction of sp³-hybridized carbons (Fsp3) is 0.278. The highest BCUT2D eigenvalue weighted by Crippen LogP contribution is 2.25. The zero-order valence-corrected chi connectivity index (χ0v) is 12.3. The Morgan fingerprint density at radius 3 is 2.23 bits per heavy atom. The van der Waals surface area contributed by atoms with Crippen LogP contribution >= 0.6 is 0 Å². The fourth-order valence-corrected chi connectivity index (χ4v) is 2.77. The number of benzene rings is 2. The van der Waals surface area contributed by atoms with Crippen molar-refractivity contribution in [1.29, 1.82) is 0 Å². The number of phenols is 1. The van der Waals surface area contributed by atoms with Crippen LogP contribution in [0.1, 0.15) is 29.6 Å². The molecule has 114 valence electrons. The van der Waals surface area contributed by atoms with E-state index >= 15 is 0 Å². The van der Waals surface area contributed by atoms with Crippen molar-refractivity contribution in [3.8, 4) is 16.9 Å². The molecule has 1 aliphatic heterocycles. The van der Waals surface area contributed by atoms with Crippen molar-refractivity contribution in [3.63, 3.8) is 0 Å². The lowest BCUT2D eigenvalue weighted by molar-refractivity contribution is 0.0724. The van der Waals surface area contributed by atoms with Crippen molar-refractivity contribution in [2.75, 3.05) is 13.1 Å². The van der Waals surface area contributed by atoms with E-state index in [0.29, 0.717) is 11.1 Å². The van der Waals surface area contributed by atoms with Crippen LogP contribution in [0.3, 0.4) is 0 Å². The molecule has 0 aliphatic carbocycles. The molecule has 1 amide bonds. The number of carbonyl (C=O) groups excluding carboxylic acids is 1. The van der Waals surface area contributed by atoms with Crippen molar-refractivity contribution in [3.05, 3.63) is 53.8 Å². The number of amides is 1. The highest BCUT2D eigenvalue weighted by molar-refractivity contribution is 5.94. The molecule has 2 aromatic rings. The maximum atomic E-state index is 13.4. The summed E-state index contributed by atoms with van der Waals surface area (Å²) in [4.78, 5) is 14.3. The first-order valence-electron chi connectivity index (χ1n) is 7.53. The van der Waals surface area contributed by atoms with Crippen molar-refractivity contribution >= 4 is 5.91 Å². The lowest BCUT2D eigenvalue weighted by Gasteiger charge is -2.26. The van der Waals surface area contributed by atoms with Crippen molar-refractivity contribution < 1.29 is 14.3 Å². The van der Waals surface area contributed by atoms with Gasteiger partial charge in [0.15, 0.2) is 11.6 Å². The second-order valence-electron chi connectivity index (χ2n) is 5.60. The average Bonchev–Trinajstić information content (AvgIpc) is 2.58. The largest absolute Gasteiger partial charge is 0.505 e. The molecule has 0 saturated carbocycles. The molecule has 0 bridgehead atoms. The summed E-state index contributed by atoms with van der Waals surface area (Å²) in [5.74, 6) is -0.949. The third-order valence-electron chi connectivity index (χ3n) is 4.06. The first-order chi connectivity index (χ1) is 10.6. The van der Waals surface area contributed by atoms with E-state index < -0.39 is 5.82 Å². The summed E-state index contributed by atoms with van der Waals surface area (Å²) >= 11 is 0. The first kappa shape index (κ1) is 14.6. The molecule has 1 aliphatic rings. The zero-order chi connectivity index (χ0) is 15.5. The summed E-state index contributed by atoms with van der Waals surface area (Å²) in [6.07, 6.45) is 3.32. The Morgan fingerprint density at radius 1 is 0.955 bits per heavy atom. The van der Waals surface area contributed by atoms with Gasteiger partial charge in [0.2, 0.25) is 0 Å². The van der Waals surface area contributed by atoms with E-state index in [0.717, 1.165) is 31.5 Å². The molecule has 1 heterocycles. The number of carbonyl (C=O) groups is 1. The Kier molecular flexibility index (Phi) is 4.09. The van der Waals surface area contributed by atoms with Gasteiger partial charge in [0.25, 0.3) is 5.91 Å². The topological polar surface area (TPSA) is 40.5 Å². The number of phenolic OH excluding ortho intramolecular Hbond substituents is 1. The molecular weight excluding hydrogens is 281 g/mol. The van der Waals surface area contributed by atoms with Gasteiger partial charge in [0, 0.05) is 18.7 Å². The maximum absolute atomic E-state index is 13.4. The van der Waals surface area contributed by atoms with Crippen molar-refractivity contribution in [2.24, 2.45) is 0 Å². The number of likely N-dealkylation sites (tertiary alicyclic amines) is 1. The molecule has 0 spiro atoms. The third-order valence-corrected chi connectivity index (χ3v) is 4.06. The quantitative estimate of drug-likeness (QED) is 0.915. The number of rotatable bonds is 2. The van der Waals surface area contributed by atoms with E-state index in [1.807, 2.05) is 17.0 Å². The Morgan fingerprint density at radius 2 is 1.59 bits per heavy atom. The fourth-order valence-electron chi connectivity index (χ4n) is 2.77. The van der Waals surface area contributed by atoms with E-state index in [1.54, 1.807) is 18.2 Å². The molecule has 0 atom stereocenters. The second kappa shape index (κ2) is 6.18. The maximum Gasteiger partial charge on any atom is 0.253 e. The number of hydrogen-bond donors (Lipinski definition) is 1. The van der Waals surface area contributed by atoms with Gasteiger partial charge in [-0.3, -0.25) is 4.79 Å². The minimum Gasteiger partial charge on any atom is -0.505 e. The Bertz CT molecular complexity index is 676. The number of nitrogens with zero attached hydrogens (tertiary/aromatic N) is 1. The summed E-state index contributed by atoms with van der Waals surface area (Å²) in [7, 11) is 0. The number of halogens is 1. The van der Waals surface area contributed by atoms with Crippen LogP contribution in [-0.2, 0) is 0 Å². The molecule has 1 saturated heterocycles. The van der Waals surface area contributed by atoms with Crippen LogP contribution in [0.2, 0.25) is 0 Å². The van der Waals surface area contributed by atoms with Gasteiger partial charge in [-0.25, -0.2) is 4.39 Å². The monoisotopic (exact) mass is 299 g/mol.